The van der Waals surface area contributed by atoms with Crippen LogP contribution in [0, 0.1) is 5.92 Å². The number of rotatable bonds is 6. The van der Waals surface area contributed by atoms with E-state index < -0.39 is 8.99 Å². The number of benzene rings is 4. The summed E-state index contributed by atoms with van der Waals surface area (Å²) in [6.45, 7) is 18.2. The van der Waals surface area contributed by atoms with E-state index in [1.165, 1.54) is 104 Å². The molecule has 0 aliphatic heterocycles. The van der Waals surface area contributed by atoms with E-state index in [2.05, 4.69) is 146 Å². The van der Waals surface area contributed by atoms with Crippen LogP contribution in [0.5, 0.6) is 0 Å². The molecule has 3 aliphatic carbocycles. The second kappa shape index (κ2) is 14.4. The Bertz CT molecular complexity index is 1980. The van der Waals surface area contributed by atoms with Gasteiger partial charge in [0.1, 0.15) is 9.52 Å². The third-order valence-electron chi connectivity index (χ3n) is 11.8. The quantitative estimate of drug-likeness (QED) is 0.134. The summed E-state index contributed by atoms with van der Waals surface area (Å²) in [5.74, 6) is 0.700. The Morgan fingerprint density at radius 2 is 1.16 bits per heavy atom. The van der Waals surface area contributed by atoms with Crippen LogP contribution in [0.4, 0.5) is 0 Å². The molecule has 262 valence electrons. The smallest absolute Gasteiger partial charge is 0.114 e. The molecule has 0 heterocycles. The zero-order chi connectivity index (χ0) is 35.6. The molecule has 51 heavy (non-hydrogen) atoms. The molecule has 0 saturated heterocycles. The van der Waals surface area contributed by atoms with Crippen molar-refractivity contribution in [3.63, 3.8) is 0 Å². The molecule has 2 unspecified atom stereocenters. The molecule has 0 N–H and O–H groups in total. The molecule has 4 aromatic carbocycles. The van der Waals surface area contributed by atoms with Crippen LogP contribution in [-0.4, -0.2) is 9.52 Å². The van der Waals surface area contributed by atoms with Gasteiger partial charge in [0.05, 0.1) is 8.99 Å². The summed E-state index contributed by atoms with van der Waals surface area (Å²) < 4.78 is -1.38. The van der Waals surface area contributed by atoms with Crippen molar-refractivity contribution < 1.29 is 26.2 Å². The van der Waals surface area contributed by atoms with Gasteiger partial charge in [-0.15, -0.1) is 23.2 Å². The van der Waals surface area contributed by atoms with Crippen LogP contribution < -0.4 is 0 Å². The zero-order valence-electron chi connectivity index (χ0n) is 31.7. The fourth-order valence-corrected chi connectivity index (χ4v) is 11.9. The van der Waals surface area contributed by atoms with Gasteiger partial charge in [-0.1, -0.05) is 170 Å². The van der Waals surface area contributed by atoms with E-state index in [0.29, 0.717) is 5.92 Å². The second-order valence-electron chi connectivity index (χ2n) is 17.2. The van der Waals surface area contributed by atoms with E-state index in [0.717, 1.165) is 6.42 Å². The van der Waals surface area contributed by atoms with E-state index in [4.69, 9.17) is 23.2 Å². The predicted molar refractivity (Wildman–Crippen MR) is 219 cm³/mol. The van der Waals surface area contributed by atoms with E-state index >= 15 is 0 Å². The van der Waals surface area contributed by atoms with Crippen LogP contribution in [0.25, 0.3) is 33.9 Å². The standard InChI is InChI=1S/C47H52Cl2Si.Zr/c1-30-28-40-37(33-20-24-35(25-21-33)44(3,4)5)16-12-18-41(40)46(30,48)50-47(49)31(2)39(29-32-14-10-9-11-15-32)43-38(17-13-19-42(43)47)34-22-26-36(27-23-34)45(6,7)8;/h12-13,16-28,32H,9-11,14-15,29H2,1-8H3;. The first-order chi connectivity index (χ1) is 23.6. The van der Waals surface area contributed by atoms with Gasteiger partial charge in [0.15, 0.2) is 0 Å². The molecule has 1 saturated carbocycles. The van der Waals surface area contributed by atoms with Crippen molar-refractivity contribution in [1.29, 1.82) is 0 Å². The van der Waals surface area contributed by atoms with Gasteiger partial charge in [-0.2, -0.15) is 0 Å². The molecule has 0 aromatic heterocycles. The molecule has 0 nitrogen and oxygen atoms in total. The van der Waals surface area contributed by atoms with Gasteiger partial charge in [-0.05, 0) is 104 Å². The molecule has 7 rings (SSSR count). The Balaban J connectivity index is 0.00000448. The second-order valence-corrected chi connectivity index (χ2v) is 20.7. The fourth-order valence-electron chi connectivity index (χ4n) is 8.60. The molecular formula is C47H52Cl2SiZr. The average Bonchev–Trinajstić information content (AvgIpc) is 3.46. The van der Waals surface area contributed by atoms with Crippen LogP contribution in [0.2, 0.25) is 0 Å². The maximum Gasteiger partial charge on any atom is 0.118 e. The Kier molecular flexibility index (Phi) is 10.9. The monoisotopic (exact) mass is 804 g/mol. The molecule has 4 aromatic rings. The topological polar surface area (TPSA) is 0 Å². The normalized spacial score (nSPS) is 22.0. The molecule has 0 spiro atoms. The summed E-state index contributed by atoms with van der Waals surface area (Å²) in [5, 5.41) is 0. The van der Waals surface area contributed by atoms with Gasteiger partial charge >= 0.3 is 0 Å². The number of halogens is 2. The maximum atomic E-state index is 8.17. The average molecular weight is 807 g/mol. The van der Waals surface area contributed by atoms with Gasteiger partial charge in [-0.3, -0.25) is 0 Å². The van der Waals surface area contributed by atoms with Crippen LogP contribution in [0.15, 0.2) is 96.1 Å². The van der Waals surface area contributed by atoms with Crippen LogP contribution in [0.1, 0.15) is 127 Å². The van der Waals surface area contributed by atoms with Crippen molar-refractivity contribution in [2.75, 3.05) is 0 Å². The van der Waals surface area contributed by atoms with Crippen molar-refractivity contribution >= 4 is 44.4 Å². The molecule has 2 radical (unpaired) electrons. The Labute approximate surface area is 339 Å². The maximum absolute atomic E-state index is 8.17. The molecule has 4 heteroatoms. The molecule has 2 atom stereocenters. The summed E-state index contributed by atoms with van der Waals surface area (Å²) in [6.07, 6.45) is 10.1. The third-order valence-corrected chi connectivity index (χ3v) is 15.3. The van der Waals surface area contributed by atoms with Crippen LogP contribution in [0.3, 0.4) is 0 Å². The number of alkyl halides is 2. The molecule has 1 fully saturated rings. The van der Waals surface area contributed by atoms with Crippen LogP contribution >= 0.6 is 23.2 Å². The first-order valence-electron chi connectivity index (χ1n) is 18.7. The van der Waals surface area contributed by atoms with Crippen molar-refractivity contribution in [1.82, 2.24) is 0 Å². The molecular weight excluding hydrogens is 755 g/mol. The van der Waals surface area contributed by atoms with E-state index in [-0.39, 0.29) is 46.6 Å². The number of fused-ring (bicyclic) bond motifs is 2. The summed E-state index contributed by atoms with van der Waals surface area (Å²) in [4.78, 5) is 0. The number of hydrogen-bond donors (Lipinski definition) is 0. The molecule has 3 aliphatic rings. The minimum Gasteiger partial charge on any atom is -0.114 e. The van der Waals surface area contributed by atoms with E-state index in [1.54, 1.807) is 0 Å². The zero-order valence-corrected chi connectivity index (χ0v) is 36.7. The third kappa shape index (κ3) is 7.07. The minimum atomic E-state index is -0.693. The van der Waals surface area contributed by atoms with Crippen molar-refractivity contribution in [3.8, 4) is 22.3 Å². The van der Waals surface area contributed by atoms with Gasteiger partial charge < -0.3 is 0 Å². The van der Waals surface area contributed by atoms with E-state index in [1.807, 2.05) is 0 Å². The molecule has 0 amide bonds. The number of hydrogen-bond acceptors (Lipinski definition) is 0. The summed E-state index contributed by atoms with van der Waals surface area (Å²) in [5.41, 5.74) is 16.9. The Hall–Kier alpha value is -1.96. The predicted octanol–water partition coefficient (Wildman–Crippen LogP) is 14.0. The summed E-state index contributed by atoms with van der Waals surface area (Å²) in [7, 11) is 0.232. The Morgan fingerprint density at radius 3 is 1.71 bits per heavy atom. The Morgan fingerprint density at radius 1 is 0.647 bits per heavy atom. The van der Waals surface area contributed by atoms with Crippen LogP contribution in [-0.2, 0) is 46.0 Å². The first kappa shape index (κ1) is 38.8. The van der Waals surface area contributed by atoms with Gasteiger partial charge in [-0.25, -0.2) is 0 Å². The largest absolute Gasteiger partial charge is 0.118 e. The van der Waals surface area contributed by atoms with Crippen molar-refractivity contribution in [3.05, 3.63) is 129 Å². The van der Waals surface area contributed by atoms with Gasteiger partial charge in [0.2, 0.25) is 0 Å². The first-order valence-corrected chi connectivity index (χ1v) is 20.4. The van der Waals surface area contributed by atoms with Crippen molar-refractivity contribution in [2.45, 2.75) is 114 Å². The fraction of sp³-hybridized carbons (Fsp3) is 0.404. The molecule has 0 bridgehead atoms. The van der Waals surface area contributed by atoms with Crippen molar-refractivity contribution in [2.24, 2.45) is 5.92 Å². The van der Waals surface area contributed by atoms with E-state index in [9.17, 15) is 0 Å². The minimum absolute atomic E-state index is 0. The van der Waals surface area contributed by atoms with Gasteiger partial charge in [0.25, 0.3) is 0 Å². The summed E-state index contributed by atoms with van der Waals surface area (Å²) >= 11 is 16.2. The SMILES string of the molecule is CC1=Cc2c(-c3ccc(C(C)(C)C)cc3)cccc2C1(Cl)[Si]C1(Cl)C(C)=C(CC2CCCCC2)c2c(-c3ccc(C(C)(C)C)cc3)cccc21.[Zr]. The summed E-state index contributed by atoms with van der Waals surface area (Å²) in [6, 6.07) is 31.8. The van der Waals surface area contributed by atoms with Gasteiger partial charge in [0, 0.05) is 26.2 Å². The number of allylic oxidation sites excluding steroid dienone is 3.